The number of anilines is 1. The van der Waals surface area contributed by atoms with Gasteiger partial charge in [0.05, 0.1) is 23.6 Å². The molecule has 2 saturated heterocycles. The summed E-state index contributed by atoms with van der Waals surface area (Å²) >= 11 is 0. The van der Waals surface area contributed by atoms with E-state index in [2.05, 4.69) is 0 Å². The highest BCUT2D eigenvalue weighted by atomic mass is 16.7. The van der Waals surface area contributed by atoms with E-state index in [1.165, 1.54) is 18.7 Å². The molecule has 2 fully saturated rings. The molecule has 1 aromatic carbocycles. The summed E-state index contributed by atoms with van der Waals surface area (Å²) in [4.78, 5) is 51.1. The Balaban J connectivity index is 1.77. The van der Waals surface area contributed by atoms with Crippen LogP contribution in [0.25, 0.3) is 0 Å². The molecule has 1 aromatic rings. The van der Waals surface area contributed by atoms with Crippen LogP contribution in [-0.4, -0.2) is 41.7 Å². The van der Waals surface area contributed by atoms with Gasteiger partial charge < -0.3 is 14.2 Å². The standard InChI is InChI=1S/C21H21NO7/c1-4-13-7-5-6-8-14(13)22-18(25)16-15-9-10-21(29-15,17(16)19(22)26)20(27-11(2)23)28-12(3)24/h5-10,15-17,20H,4H2,1-3H3/t15-,16+,17-,21-/m1/s1. The Labute approximate surface area is 167 Å². The number of amides is 2. The number of fused-ring (bicyclic) bond motifs is 5. The molecule has 0 saturated carbocycles. The van der Waals surface area contributed by atoms with E-state index in [9.17, 15) is 19.2 Å². The molecule has 3 aliphatic rings. The van der Waals surface area contributed by atoms with Crippen LogP contribution in [0.5, 0.6) is 0 Å². The highest BCUT2D eigenvalue weighted by molar-refractivity contribution is 6.23. The first-order valence-electron chi connectivity index (χ1n) is 9.47. The number of carbonyl (C=O) groups excluding carboxylic acids is 4. The van der Waals surface area contributed by atoms with Crippen LogP contribution in [0.2, 0.25) is 0 Å². The molecular weight excluding hydrogens is 378 g/mol. The number of aryl methyl sites for hydroxylation is 1. The van der Waals surface area contributed by atoms with E-state index in [-0.39, 0.29) is 5.91 Å². The van der Waals surface area contributed by atoms with Crippen LogP contribution in [0.4, 0.5) is 5.69 Å². The second-order valence-electron chi connectivity index (χ2n) is 7.34. The summed E-state index contributed by atoms with van der Waals surface area (Å²) in [5.74, 6) is -3.96. The van der Waals surface area contributed by atoms with Crippen molar-refractivity contribution in [3.63, 3.8) is 0 Å². The number of ether oxygens (including phenoxy) is 3. The first kappa shape index (κ1) is 19.3. The Kier molecular flexibility index (Phi) is 4.53. The van der Waals surface area contributed by atoms with Gasteiger partial charge in [0.2, 0.25) is 11.8 Å². The molecule has 0 aromatic heterocycles. The first-order chi connectivity index (χ1) is 13.8. The van der Waals surface area contributed by atoms with Crippen molar-refractivity contribution in [2.24, 2.45) is 11.8 Å². The van der Waals surface area contributed by atoms with E-state index in [4.69, 9.17) is 14.2 Å². The lowest BCUT2D eigenvalue weighted by molar-refractivity contribution is -0.226. The minimum Gasteiger partial charge on any atom is -0.422 e. The fourth-order valence-electron chi connectivity index (χ4n) is 4.48. The Morgan fingerprint density at radius 1 is 1.14 bits per heavy atom. The van der Waals surface area contributed by atoms with Gasteiger partial charge in [-0.05, 0) is 24.1 Å². The van der Waals surface area contributed by atoms with Gasteiger partial charge in [-0.1, -0.05) is 31.2 Å². The monoisotopic (exact) mass is 399 g/mol. The van der Waals surface area contributed by atoms with Crippen molar-refractivity contribution >= 4 is 29.4 Å². The summed E-state index contributed by atoms with van der Waals surface area (Å²) in [6.45, 7) is 4.28. The van der Waals surface area contributed by atoms with Crippen molar-refractivity contribution in [2.45, 2.75) is 45.2 Å². The van der Waals surface area contributed by atoms with E-state index in [0.717, 1.165) is 5.56 Å². The SMILES string of the molecule is CCc1ccccc1N1C(=O)[C@H]2[C@H]3C=C[C@@](C(OC(C)=O)OC(C)=O)(O3)[C@H]2C1=O. The van der Waals surface area contributed by atoms with Crippen molar-refractivity contribution in [1.29, 1.82) is 0 Å². The number of carbonyl (C=O) groups is 4. The summed E-state index contributed by atoms with van der Waals surface area (Å²) in [5.41, 5.74) is -0.138. The zero-order valence-electron chi connectivity index (χ0n) is 16.3. The maximum absolute atomic E-state index is 13.4. The number of para-hydroxylation sites is 1. The number of imide groups is 1. The van der Waals surface area contributed by atoms with E-state index in [1.807, 2.05) is 19.1 Å². The summed E-state index contributed by atoms with van der Waals surface area (Å²) in [5, 5.41) is 0. The number of hydrogen-bond donors (Lipinski definition) is 0. The van der Waals surface area contributed by atoms with E-state index in [0.29, 0.717) is 12.1 Å². The molecule has 2 amide bonds. The Morgan fingerprint density at radius 2 is 1.79 bits per heavy atom. The number of nitrogens with zero attached hydrogens (tertiary/aromatic N) is 1. The van der Waals surface area contributed by atoms with Gasteiger partial charge in [-0.25, -0.2) is 4.90 Å². The fraction of sp³-hybridized carbons (Fsp3) is 0.429. The van der Waals surface area contributed by atoms with E-state index in [1.54, 1.807) is 24.3 Å². The third-order valence-corrected chi connectivity index (χ3v) is 5.61. The number of benzene rings is 1. The lowest BCUT2D eigenvalue weighted by atomic mass is 9.76. The molecule has 4 atom stereocenters. The average Bonchev–Trinajstić information content (AvgIpc) is 3.32. The van der Waals surface area contributed by atoms with Gasteiger partial charge in [0.15, 0.2) is 5.60 Å². The maximum atomic E-state index is 13.4. The topological polar surface area (TPSA) is 99.2 Å². The molecule has 0 radical (unpaired) electrons. The van der Waals surface area contributed by atoms with Gasteiger partial charge in [0.1, 0.15) is 0 Å². The Bertz CT molecular complexity index is 923. The fourth-order valence-corrected chi connectivity index (χ4v) is 4.48. The van der Waals surface area contributed by atoms with Crippen molar-refractivity contribution in [1.82, 2.24) is 0 Å². The third-order valence-electron chi connectivity index (χ3n) is 5.61. The normalized spacial score (nSPS) is 29.5. The molecule has 3 heterocycles. The minimum absolute atomic E-state index is 0.374. The zero-order valence-corrected chi connectivity index (χ0v) is 16.3. The molecule has 0 spiro atoms. The number of esters is 2. The minimum atomic E-state index is -1.53. The number of rotatable bonds is 5. The summed E-state index contributed by atoms with van der Waals surface area (Å²) in [6, 6.07) is 7.21. The van der Waals surface area contributed by atoms with Crippen molar-refractivity contribution in [2.75, 3.05) is 4.90 Å². The highest BCUT2D eigenvalue weighted by Gasteiger charge is 2.72. The van der Waals surface area contributed by atoms with Crippen LogP contribution in [0.1, 0.15) is 26.3 Å². The summed E-state index contributed by atoms with van der Waals surface area (Å²) < 4.78 is 16.3. The van der Waals surface area contributed by atoms with Crippen LogP contribution < -0.4 is 4.90 Å². The molecule has 2 bridgehead atoms. The van der Waals surface area contributed by atoms with Gasteiger partial charge >= 0.3 is 11.9 Å². The molecule has 4 rings (SSSR count). The molecule has 0 N–H and O–H groups in total. The van der Waals surface area contributed by atoms with Gasteiger partial charge in [-0.3, -0.25) is 19.2 Å². The van der Waals surface area contributed by atoms with Gasteiger partial charge in [0.25, 0.3) is 6.29 Å². The lowest BCUT2D eigenvalue weighted by Crippen LogP contribution is -2.52. The van der Waals surface area contributed by atoms with Crippen LogP contribution in [0.15, 0.2) is 36.4 Å². The molecule has 3 aliphatic heterocycles. The van der Waals surface area contributed by atoms with Crippen molar-refractivity contribution in [3.05, 3.63) is 42.0 Å². The zero-order chi connectivity index (χ0) is 20.9. The molecule has 0 unspecified atom stereocenters. The molecule has 8 heteroatoms. The predicted octanol–water partition coefficient (Wildman–Crippen LogP) is 1.51. The van der Waals surface area contributed by atoms with Crippen LogP contribution in [-0.2, 0) is 39.8 Å². The van der Waals surface area contributed by atoms with Gasteiger partial charge in [-0.2, -0.15) is 0 Å². The second kappa shape index (κ2) is 6.81. The van der Waals surface area contributed by atoms with Crippen molar-refractivity contribution < 1.29 is 33.4 Å². The van der Waals surface area contributed by atoms with E-state index < -0.39 is 47.7 Å². The summed E-state index contributed by atoms with van der Waals surface area (Å²) in [6.07, 6.45) is 1.74. The van der Waals surface area contributed by atoms with Crippen molar-refractivity contribution in [3.8, 4) is 0 Å². The van der Waals surface area contributed by atoms with Gasteiger partial charge in [-0.15, -0.1) is 0 Å². The molecule has 152 valence electrons. The van der Waals surface area contributed by atoms with Gasteiger partial charge in [0, 0.05) is 13.8 Å². The molecule has 0 aliphatic carbocycles. The van der Waals surface area contributed by atoms with E-state index >= 15 is 0 Å². The lowest BCUT2D eigenvalue weighted by Gasteiger charge is -2.34. The smallest absolute Gasteiger partial charge is 0.305 e. The van der Waals surface area contributed by atoms with Crippen LogP contribution in [0, 0.1) is 11.8 Å². The third kappa shape index (κ3) is 2.78. The van der Waals surface area contributed by atoms with Crippen LogP contribution >= 0.6 is 0 Å². The average molecular weight is 399 g/mol. The summed E-state index contributed by atoms with van der Waals surface area (Å²) in [7, 11) is 0. The molecule has 29 heavy (non-hydrogen) atoms. The first-order valence-corrected chi connectivity index (χ1v) is 9.47. The van der Waals surface area contributed by atoms with Crippen LogP contribution in [0.3, 0.4) is 0 Å². The molecular formula is C21H21NO7. The number of hydrogen-bond acceptors (Lipinski definition) is 7. The quantitative estimate of drug-likeness (QED) is 0.320. The molecule has 8 nitrogen and oxygen atoms in total. The predicted molar refractivity (Wildman–Crippen MR) is 99.4 cm³/mol. The Morgan fingerprint density at radius 3 is 2.41 bits per heavy atom. The maximum Gasteiger partial charge on any atom is 0.305 e. The largest absolute Gasteiger partial charge is 0.422 e. The Hall–Kier alpha value is -3.00. The highest BCUT2D eigenvalue weighted by Crippen LogP contribution is 2.54. The second-order valence-corrected chi connectivity index (χ2v) is 7.34.